The van der Waals surface area contributed by atoms with Crippen LogP contribution in [0.15, 0.2) is 35.4 Å². The first-order chi connectivity index (χ1) is 6.84. The molecular formula is C10H13N3O. The summed E-state index contributed by atoms with van der Waals surface area (Å²) in [6.45, 7) is 0.532. The minimum Gasteiger partial charge on any atom is -0.330 e. The molecule has 0 aromatic heterocycles. The molecule has 0 unspecified atom stereocenters. The summed E-state index contributed by atoms with van der Waals surface area (Å²) in [4.78, 5) is 11.4. The smallest absolute Gasteiger partial charge is 0.271 e. The standard InChI is InChI=1S/C10H13N3O/c11-7-4-8-12-13-10(14)9-5-2-1-3-6-9/h1-3,5-6,8H,4,7,11H2,(H,13,14)/b12-8+. The first-order valence-corrected chi connectivity index (χ1v) is 4.41. The molecule has 74 valence electrons. The lowest BCUT2D eigenvalue weighted by atomic mass is 10.2. The Bertz CT molecular complexity index is 308. The van der Waals surface area contributed by atoms with Crippen molar-refractivity contribution in [2.45, 2.75) is 6.42 Å². The van der Waals surface area contributed by atoms with E-state index in [2.05, 4.69) is 10.5 Å². The molecule has 14 heavy (non-hydrogen) atoms. The third-order valence-corrected chi connectivity index (χ3v) is 1.59. The number of nitrogens with zero attached hydrogens (tertiary/aromatic N) is 1. The fourth-order valence-electron chi connectivity index (χ4n) is 0.897. The number of amides is 1. The van der Waals surface area contributed by atoms with E-state index >= 15 is 0 Å². The maximum Gasteiger partial charge on any atom is 0.271 e. The number of nitrogens with one attached hydrogen (secondary N) is 1. The van der Waals surface area contributed by atoms with Crippen LogP contribution in [0.2, 0.25) is 0 Å². The predicted molar refractivity (Wildman–Crippen MR) is 56.1 cm³/mol. The Balaban J connectivity index is 2.44. The van der Waals surface area contributed by atoms with Crippen LogP contribution in [0, 0.1) is 0 Å². The van der Waals surface area contributed by atoms with Crippen LogP contribution >= 0.6 is 0 Å². The molecule has 3 N–H and O–H groups in total. The van der Waals surface area contributed by atoms with Gasteiger partial charge >= 0.3 is 0 Å². The van der Waals surface area contributed by atoms with Gasteiger partial charge in [0.15, 0.2) is 0 Å². The monoisotopic (exact) mass is 191 g/mol. The van der Waals surface area contributed by atoms with Crippen LogP contribution in [0.5, 0.6) is 0 Å². The molecule has 4 nitrogen and oxygen atoms in total. The van der Waals surface area contributed by atoms with E-state index < -0.39 is 0 Å². The third-order valence-electron chi connectivity index (χ3n) is 1.59. The zero-order chi connectivity index (χ0) is 10.2. The van der Waals surface area contributed by atoms with E-state index in [-0.39, 0.29) is 5.91 Å². The Hall–Kier alpha value is -1.68. The number of rotatable bonds is 4. The van der Waals surface area contributed by atoms with Gasteiger partial charge < -0.3 is 5.73 Å². The highest BCUT2D eigenvalue weighted by Gasteiger charge is 2.00. The van der Waals surface area contributed by atoms with Crippen LogP contribution in [0.25, 0.3) is 0 Å². The molecule has 0 heterocycles. The number of nitrogens with two attached hydrogens (primary N) is 1. The van der Waals surface area contributed by atoms with E-state index in [1.807, 2.05) is 6.07 Å². The lowest BCUT2D eigenvalue weighted by Crippen LogP contribution is -2.17. The summed E-state index contributed by atoms with van der Waals surface area (Å²) in [5, 5.41) is 3.73. The van der Waals surface area contributed by atoms with Gasteiger partial charge in [0.1, 0.15) is 0 Å². The third kappa shape index (κ3) is 3.37. The van der Waals surface area contributed by atoms with E-state index in [4.69, 9.17) is 5.73 Å². The Labute approximate surface area is 82.8 Å². The predicted octanol–water partition coefficient (Wildman–Crippen LogP) is 0.751. The van der Waals surface area contributed by atoms with Crippen molar-refractivity contribution in [2.24, 2.45) is 10.8 Å². The molecule has 1 rings (SSSR count). The minimum absolute atomic E-state index is 0.209. The number of hydrogen-bond acceptors (Lipinski definition) is 3. The molecule has 0 aliphatic rings. The van der Waals surface area contributed by atoms with Gasteiger partial charge in [0.05, 0.1) is 0 Å². The van der Waals surface area contributed by atoms with Crippen molar-refractivity contribution >= 4 is 12.1 Å². The molecule has 0 aliphatic heterocycles. The molecule has 4 heteroatoms. The summed E-state index contributed by atoms with van der Waals surface area (Å²) in [6, 6.07) is 8.92. The van der Waals surface area contributed by atoms with Gasteiger partial charge in [-0.25, -0.2) is 5.43 Å². The number of carbonyl (C=O) groups excluding carboxylic acids is 1. The second kappa shape index (κ2) is 5.88. The summed E-state index contributed by atoms with van der Waals surface area (Å²) in [5.74, 6) is -0.209. The average molecular weight is 191 g/mol. The highest BCUT2D eigenvalue weighted by Crippen LogP contribution is 1.97. The molecule has 0 saturated heterocycles. The molecule has 1 aromatic carbocycles. The van der Waals surface area contributed by atoms with Gasteiger partial charge in [-0.3, -0.25) is 4.79 Å². The first-order valence-electron chi connectivity index (χ1n) is 4.41. The molecule has 0 radical (unpaired) electrons. The Morgan fingerprint density at radius 2 is 2.14 bits per heavy atom. The molecule has 1 aromatic rings. The second-order valence-corrected chi connectivity index (χ2v) is 2.70. The molecule has 0 atom stereocenters. The van der Waals surface area contributed by atoms with Crippen LogP contribution in [0.3, 0.4) is 0 Å². The topological polar surface area (TPSA) is 67.5 Å². The molecule has 0 bridgehead atoms. The molecule has 0 aliphatic carbocycles. The number of benzene rings is 1. The lowest BCUT2D eigenvalue weighted by molar-refractivity contribution is 0.0955. The zero-order valence-electron chi connectivity index (χ0n) is 7.81. The van der Waals surface area contributed by atoms with Crippen molar-refractivity contribution in [1.82, 2.24) is 5.43 Å². The highest BCUT2D eigenvalue weighted by molar-refractivity contribution is 5.94. The number of carbonyl (C=O) groups is 1. The van der Waals surface area contributed by atoms with Crippen molar-refractivity contribution in [3.8, 4) is 0 Å². The molecular weight excluding hydrogens is 178 g/mol. The Morgan fingerprint density at radius 1 is 1.43 bits per heavy atom. The number of hydrazone groups is 1. The Kier molecular flexibility index (Phi) is 4.37. The van der Waals surface area contributed by atoms with Gasteiger partial charge in [0.25, 0.3) is 5.91 Å². The minimum atomic E-state index is -0.209. The van der Waals surface area contributed by atoms with Crippen LogP contribution in [0.4, 0.5) is 0 Å². The van der Waals surface area contributed by atoms with E-state index in [9.17, 15) is 4.79 Å². The van der Waals surface area contributed by atoms with Crippen molar-refractivity contribution < 1.29 is 4.79 Å². The van der Waals surface area contributed by atoms with Crippen molar-refractivity contribution in [2.75, 3.05) is 6.54 Å². The molecule has 0 spiro atoms. The van der Waals surface area contributed by atoms with Gasteiger partial charge in [0, 0.05) is 11.8 Å². The average Bonchev–Trinajstić information content (AvgIpc) is 2.25. The summed E-state index contributed by atoms with van der Waals surface area (Å²) in [6.07, 6.45) is 2.25. The first kappa shape index (κ1) is 10.4. The summed E-state index contributed by atoms with van der Waals surface area (Å²) in [7, 11) is 0. The van der Waals surface area contributed by atoms with E-state index in [0.717, 1.165) is 0 Å². The number of hydrogen-bond donors (Lipinski definition) is 2. The zero-order valence-corrected chi connectivity index (χ0v) is 7.81. The van der Waals surface area contributed by atoms with Crippen LogP contribution in [0.1, 0.15) is 16.8 Å². The van der Waals surface area contributed by atoms with E-state index in [1.165, 1.54) is 0 Å². The van der Waals surface area contributed by atoms with Crippen LogP contribution < -0.4 is 11.2 Å². The van der Waals surface area contributed by atoms with Crippen molar-refractivity contribution in [3.63, 3.8) is 0 Å². The largest absolute Gasteiger partial charge is 0.330 e. The van der Waals surface area contributed by atoms with Crippen molar-refractivity contribution in [3.05, 3.63) is 35.9 Å². The molecule has 0 fully saturated rings. The SMILES string of the molecule is NCC/C=N/NC(=O)c1ccccc1. The van der Waals surface area contributed by atoms with Crippen LogP contribution in [-0.4, -0.2) is 18.7 Å². The van der Waals surface area contributed by atoms with Gasteiger partial charge in [-0.05, 0) is 25.1 Å². The van der Waals surface area contributed by atoms with Crippen molar-refractivity contribution in [1.29, 1.82) is 0 Å². The fourth-order valence-corrected chi connectivity index (χ4v) is 0.897. The van der Waals surface area contributed by atoms with Gasteiger partial charge in [-0.15, -0.1) is 0 Å². The van der Waals surface area contributed by atoms with Gasteiger partial charge in [-0.1, -0.05) is 18.2 Å². The maximum absolute atomic E-state index is 11.4. The van der Waals surface area contributed by atoms with Gasteiger partial charge in [-0.2, -0.15) is 5.10 Å². The summed E-state index contributed by atoms with van der Waals surface area (Å²) in [5.41, 5.74) is 8.26. The summed E-state index contributed by atoms with van der Waals surface area (Å²) < 4.78 is 0. The second-order valence-electron chi connectivity index (χ2n) is 2.70. The van der Waals surface area contributed by atoms with Crippen LogP contribution in [-0.2, 0) is 0 Å². The quantitative estimate of drug-likeness (QED) is 0.544. The van der Waals surface area contributed by atoms with E-state index in [0.29, 0.717) is 18.5 Å². The van der Waals surface area contributed by atoms with E-state index in [1.54, 1.807) is 30.5 Å². The molecule has 0 saturated carbocycles. The molecule has 1 amide bonds. The normalized spacial score (nSPS) is 10.4. The lowest BCUT2D eigenvalue weighted by Gasteiger charge is -1.97. The summed E-state index contributed by atoms with van der Waals surface area (Å²) >= 11 is 0. The maximum atomic E-state index is 11.4. The fraction of sp³-hybridized carbons (Fsp3) is 0.200. The highest BCUT2D eigenvalue weighted by atomic mass is 16.2. The van der Waals surface area contributed by atoms with Gasteiger partial charge in [0.2, 0.25) is 0 Å². The Morgan fingerprint density at radius 3 is 2.79 bits per heavy atom.